The summed E-state index contributed by atoms with van der Waals surface area (Å²) in [7, 11) is -4.13. The lowest BCUT2D eigenvalue weighted by atomic mass is 10.1. The van der Waals surface area contributed by atoms with E-state index >= 15 is 0 Å². The maximum Gasteiger partial charge on any atom is 0.333 e. The summed E-state index contributed by atoms with van der Waals surface area (Å²) < 4.78 is 34.0. The summed E-state index contributed by atoms with van der Waals surface area (Å²) in [4.78, 5) is 4.42. The fourth-order valence-electron chi connectivity index (χ4n) is 4.14. The van der Waals surface area contributed by atoms with E-state index in [4.69, 9.17) is 9.88 Å². The molecule has 0 saturated carbocycles. The van der Waals surface area contributed by atoms with Crippen molar-refractivity contribution in [3.05, 3.63) is 71.4 Å². The second-order valence-electron chi connectivity index (χ2n) is 7.51. The molecule has 0 amide bonds. The second kappa shape index (κ2) is 7.61. The molecule has 162 valence electrons. The summed E-state index contributed by atoms with van der Waals surface area (Å²) in [5, 5.41) is 22.8. The molecular formula is C20H21N5O5S. The number of fused-ring (bicyclic) bond motifs is 2. The van der Waals surface area contributed by atoms with Crippen LogP contribution in [0, 0.1) is 0 Å². The number of aliphatic hydroxyl groups is 1. The zero-order valence-electron chi connectivity index (χ0n) is 16.4. The fraction of sp³-hybridized carbons (Fsp3) is 0.300. The molecule has 2 aromatic heterocycles. The van der Waals surface area contributed by atoms with Crippen molar-refractivity contribution in [3.63, 3.8) is 0 Å². The topological polar surface area (TPSA) is 141 Å². The van der Waals surface area contributed by atoms with Crippen molar-refractivity contribution in [1.82, 2.24) is 14.6 Å². The minimum Gasteiger partial charge on any atom is -0.510 e. The Morgan fingerprint density at radius 3 is 2.97 bits per heavy atom. The van der Waals surface area contributed by atoms with Crippen molar-refractivity contribution in [2.75, 3.05) is 11.9 Å². The molecule has 31 heavy (non-hydrogen) atoms. The van der Waals surface area contributed by atoms with Gasteiger partial charge in [0.1, 0.15) is 36.4 Å². The van der Waals surface area contributed by atoms with E-state index in [1.807, 2.05) is 18.2 Å². The molecule has 10 nitrogen and oxygen atoms in total. The lowest BCUT2D eigenvalue weighted by Crippen LogP contribution is -2.25. The van der Waals surface area contributed by atoms with Gasteiger partial charge in [-0.15, -0.1) is 0 Å². The number of nitrogens with zero attached hydrogens (tertiary/aromatic N) is 3. The lowest BCUT2D eigenvalue weighted by molar-refractivity contribution is 0.0114. The minimum absolute atomic E-state index is 0.126. The molecule has 1 aliphatic heterocycles. The van der Waals surface area contributed by atoms with Crippen LogP contribution in [0.4, 0.5) is 5.82 Å². The van der Waals surface area contributed by atoms with Crippen molar-refractivity contribution in [3.8, 4) is 0 Å². The maximum absolute atomic E-state index is 11.0. The van der Waals surface area contributed by atoms with Gasteiger partial charge in [-0.25, -0.2) is 14.6 Å². The highest BCUT2D eigenvalue weighted by Crippen LogP contribution is 2.35. The number of rotatable bonds is 6. The SMILES string of the molecule is NS(=O)(=O)OC[C@H]1O[C@@H](c2ccc3c(N[C@H]4CCc5ccccc54)ncnn23)C=C1O. The van der Waals surface area contributed by atoms with Gasteiger partial charge in [-0.05, 0) is 42.2 Å². The number of ether oxygens (including phenoxy) is 1. The largest absolute Gasteiger partial charge is 0.510 e. The van der Waals surface area contributed by atoms with Gasteiger partial charge in [0.05, 0.1) is 11.7 Å². The van der Waals surface area contributed by atoms with Gasteiger partial charge in [-0.3, -0.25) is 4.18 Å². The van der Waals surface area contributed by atoms with Crippen LogP contribution >= 0.6 is 0 Å². The van der Waals surface area contributed by atoms with E-state index in [0.29, 0.717) is 11.5 Å². The first kappa shape index (κ1) is 19.9. The van der Waals surface area contributed by atoms with Crippen molar-refractivity contribution < 1.29 is 22.4 Å². The molecule has 2 aliphatic rings. The van der Waals surface area contributed by atoms with Crippen molar-refractivity contribution in [1.29, 1.82) is 0 Å². The third-order valence-corrected chi connectivity index (χ3v) is 6.03. The van der Waals surface area contributed by atoms with Crippen molar-refractivity contribution >= 4 is 21.6 Å². The Bertz CT molecular complexity index is 1270. The molecule has 0 saturated heterocycles. The molecule has 0 unspecified atom stereocenters. The van der Waals surface area contributed by atoms with Crippen LogP contribution in [-0.2, 0) is 25.6 Å². The molecule has 4 N–H and O–H groups in total. The van der Waals surface area contributed by atoms with Crippen LogP contribution in [0.2, 0.25) is 0 Å². The summed E-state index contributed by atoms with van der Waals surface area (Å²) in [6, 6.07) is 12.2. The number of aliphatic hydroxyl groups excluding tert-OH is 1. The lowest BCUT2D eigenvalue weighted by Gasteiger charge is -2.16. The molecule has 5 rings (SSSR count). The molecule has 11 heteroatoms. The van der Waals surface area contributed by atoms with Crippen LogP contribution in [0.25, 0.3) is 5.52 Å². The number of aryl methyl sites for hydroxylation is 1. The van der Waals surface area contributed by atoms with Gasteiger partial charge in [0.25, 0.3) is 0 Å². The van der Waals surface area contributed by atoms with Crippen LogP contribution in [0.1, 0.15) is 35.4 Å². The second-order valence-corrected chi connectivity index (χ2v) is 8.73. The fourth-order valence-corrected chi connectivity index (χ4v) is 4.45. The zero-order chi connectivity index (χ0) is 21.6. The first-order valence-electron chi connectivity index (χ1n) is 9.79. The number of anilines is 1. The first-order chi connectivity index (χ1) is 14.9. The van der Waals surface area contributed by atoms with E-state index in [9.17, 15) is 13.5 Å². The third kappa shape index (κ3) is 3.88. The predicted octanol–water partition coefficient (Wildman–Crippen LogP) is 1.93. The van der Waals surface area contributed by atoms with E-state index in [0.717, 1.165) is 18.4 Å². The highest BCUT2D eigenvalue weighted by atomic mass is 32.2. The van der Waals surface area contributed by atoms with Crippen molar-refractivity contribution in [2.24, 2.45) is 5.14 Å². The zero-order valence-corrected chi connectivity index (χ0v) is 17.2. The van der Waals surface area contributed by atoms with E-state index in [-0.39, 0.29) is 11.8 Å². The van der Waals surface area contributed by atoms with Gasteiger partial charge in [-0.2, -0.15) is 13.5 Å². The molecule has 1 aliphatic carbocycles. The summed E-state index contributed by atoms with van der Waals surface area (Å²) in [5.74, 6) is 0.571. The Hall–Kier alpha value is -2.99. The summed E-state index contributed by atoms with van der Waals surface area (Å²) in [5.41, 5.74) is 4.05. The quantitative estimate of drug-likeness (QED) is 0.525. The molecule has 0 radical (unpaired) electrons. The average Bonchev–Trinajstić information content (AvgIpc) is 3.43. The van der Waals surface area contributed by atoms with E-state index < -0.39 is 29.1 Å². The van der Waals surface area contributed by atoms with Gasteiger partial charge >= 0.3 is 10.3 Å². The van der Waals surface area contributed by atoms with Crippen molar-refractivity contribution in [2.45, 2.75) is 31.1 Å². The monoisotopic (exact) mass is 443 g/mol. The number of aromatic nitrogens is 3. The maximum atomic E-state index is 11.0. The molecule has 3 heterocycles. The van der Waals surface area contributed by atoms with Gasteiger partial charge in [-0.1, -0.05) is 24.3 Å². The normalized spacial score (nSPS) is 23.1. The Kier molecular flexibility index (Phi) is 4.89. The van der Waals surface area contributed by atoms with Crippen LogP contribution in [0.3, 0.4) is 0 Å². The van der Waals surface area contributed by atoms with Crippen LogP contribution < -0.4 is 10.5 Å². The summed E-state index contributed by atoms with van der Waals surface area (Å²) >= 11 is 0. The molecular weight excluding hydrogens is 422 g/mol. The summed E-state index contributed by atoms with van der Waals surface area (Å²) in [6.07, 6.45) is 3.37. The Morgan fingerprint density at radius 2 is 2.13 bits per heavy atom. The summed E-state index contributed by atoms with van der Waals surface area (Å²) in [6.45, 7) is -0.413. The smallest absolute Gasteiger partial charge is 0.333 e. The highest BCUT2D eigenvalue weighted by Gasteiger charge is 2.31. The standard InChI is InChI=1S/C20H21N5O5S/c21-31(27,28)29-10-19-17(26)9-18(30-19)15-7-8-16-20(22-11-23-25(15)16)24-14-6-5-12-3-1-2-4-13(12)14/h1-4,7-9,11,14,18-19,26H,5-6,10H2,(H2,21,27,28)(H,22,23,24)/t14-,18+,19+/m0/s1. The van der Waals surface area contributed by atoms with Gasteiger partial charge in [0, 0.05) is 0 Å². The van der Waals surface area contributed by atoms with E-state index in [1.54, 1.807) is 4.52 Å². The first-order valence-corrected chi connectivity index (χ1v) is 11.3. The molecule has 0 bridgehead atoms. The third-order valence-electron chi connectivity index (χ3n) is 5.56. The molecule has 3 atom stereocenters. The Labute approximate surface area is 178 Å². The number of hydrogen-bond acceptors (Lipinski definition) is 8. The van der Waals surface area contributed by atoms with E-state index in [2.05, 4.69) is 37.8 Å². The minimum atomic E-state index is -4.13. The molecule has 3 aromatic rings. The Morgan fingerprint density at radius 1 is 1.29 bits per heavy atom. The number of hydrogen-bond donors (Lipinski definition) is 3. The van der Waals surface area contributed by atoms with Crippen LogP contribution in [-0.4, -0.2) is 40.8 Å². The number of benzene rings is 1. The Balaban J connectivity index is 1.38. The van der Waals surface area contributed by atoms with Gasteiger partial charge in [0.15, 0.2) is 5.82 Å². The average molecular weight is 443 g/mol. The predicted molar refractivity (Wildman–Crippen MR) is 111 cm³/mol. The highest BCUT2D eigenvalue weighted by molar-refractivity contribution is 7.84. The van der Waals surface area contributed by atoms with Gasteiger partial charge in [0.2, 0.25) is 0 Å². The van der Waals surface area contributed by atoms with Crippen LogP contribution in [0.15, 0.2) is 54.6 Å². The molecule has 0 fully saturated rings. The molecule has 0 spiro atoms. The number of nitrogens with one attached hydrogen (secondary N) is 1. The number of nitrogens with two attached hydrogens (primary N) is 1. The van der Waals surface area contributed by atoms with E-state index in [1.165, 1.54) is 23.5 Å². The van der Waals surface area contributed by atoms with Gasteiger partial charge < -0.3 is 15.2 Å². The molecule has 1 aromatic carbocycles. The van der Waals surface area contributed by atoms with Crippen LogP contribution in [0.5, 0.6) is 0 Å².